The molecule has 1 aromatic carbocycles. The summed E-state index contributed by atoms with van der Waals surface area (Å²) in [5, 5.41) is 10.0. The molecule has 1 N–H and O–H groups in total. The summed E-state index contributed by atoms with van der Waals surface area (Å²) >= 11 is 0. The lowest BCUT2D eigenvalue weighted by atomic mass is 10.0. The largest absolute Gasteiger partial charge is 0.391 e. The summed E-state index contributed by atoms with van der Waals surface area (Å²) < 4.78 is 13.1. The molecule has 1 aromatic rings. The predicted molar refractivity (Wildman–Crippen MR) is 94.6 cm³/mol. The number of β-amino-alcohol motifs (C(OH)–C–C–N with tert-alkyl or cyclic N) is 1. The lowest BCUT2D eigenvalue weighted by Gasteiger charge is -2.34. The van der Waals surface area contributed by atoms with E-state index in [0.717, 1.165) is 44.8 Å². The number of aliphatic hydroxyl groups excluding tert-OH is 1. The van der Waals surface area contributed by atoms with Gasteiger partial charge < -0.3 is 19.8 Å². The molecule has 0 spiro atoms. The molecule has 2 aliphatic heterocycles. The van der Waals surface area contributed by atoms with E-state index in [0.29, 0.717) is 19.4 Å². The van der Waals surface area contributed by atoms with Crippen molar-refractivity contribution in [1.29, 1.82) is 0 Å². The van der Waals surface area contributed by atoms with Crippen molar-refractivity contribution in [2.24, 2.45) is 0 Å². The molecule has 138 valence electrons. The molecule has 2 saturated heterocycles. The van der Waals surface area contributed by atoms with Gasteiger partial charge in [-0.25, -0.2) is 4.39 Å². The maximum atomic E-state index is 13.1. The highest BCUT2D eigenvalue weighted by Crippen LogP contribution is 2.32. The molecule has 0 saturated carbocycles. The standard InChI is InChI=1S/C19H28FN3O2/c1-2-21-9-11-22(12-10-21)8-7-19(25)23-14-17(24)13-18(23)15-3-5-16(20)6-4-15/h3-6,17-18,24H,2,7-14H2,1H3. The Morgan fingerprint density at radius 1 is 1.16 bits per heavy atom. The van der Waals surface area contributed by atoms with E-state index in [4.69, 9.17) is 0 Å². The molecule has 0 radical (unpaired) electrons. The van der Waals surface area contributed by atoms with Gasteiger partial charge in [0.1, 0.15) is 5.82 Å². The summed E-state index contributed by atoms with van der Waals surface area (Å²) in [7, 11) is 0. The van der Waals surface area contributed by atoms with Crippen LogP contribution in [0.2, 0.25) is 0 Å². The summed E-state index contributed by atoms with van der Waals surface area (Å²) in [6, 6.07) is 6.09. The van der Waals surface area contributed by atoms with Crippen LogP contribution < -0.4 is 0 Å². The normalized spacial score (nSPS) is 25.5. The van der Waals surface area contributed by atoms with Crippen molar-refractivity contribution in [2.75, 3.05) is 45.8 Å². The SMILES string of the molecule is CCN1CCN(CCC(=O)N2CC(O)CC2c2ccc(F)cc2)CC1. The van der Waals surface area contributed by atoms with Crippen molar-refractivity contribution in [2.45, 2.75) is 31.9 Å². The van der Waals surface area contributed by atoms with Crippen LogP contribution in [0, 0.1) is 5.82 Å². The van der Waals surface area contributed by atoms with E-state index in [-0.39, 0.29) is 17.8 Å². The number of hydrogen-bond acceptors (Lipinski definition) is 4. The number of amides is 1. The Balaban J connectivity index is 1.55. The summed E-state index contributed by atoms with van der Waals surface area (Å²) in [5.74, 6) is -0.213. The number of rotatable bonds is 5. The molecule has 3 rings (SSSR count). The highest BCUT2D eigenvalue weighted by molar-refractivity contribution is 5.77. The highest BCUT2D eigenvalue weighted by Gasteiger charge is 2.35. The summed E-state index contributed by atoms with van der Waals surface area (Å²) in [5.41, 5.74) is 0.892. The number of likely N-dealkylation sites (tertiary alicyclic amines) is 1. The van der Waals surface area contributed by atoms with E-state index in [1.165, 1.54) is 12.1 Å². The fourth-order valence-electron chi connectivity index (χ4n) is 3.82. The second-order valence-corrected chi connectivity index (χ2v) is 7.03. The summed E-state index contributed by atoms with van der Waals surface area (Å²) in [4.78, 5) is 19.2. The van der Waals surface area contributed by atoms with Crippen molar-refractivity contribution in [3.05, 3.63) is 35.6 Å². The minimum atomic E-state index is -0.507. The number of carbonyl (C=O) groups excluding carboxylic acids is 1. The molecule has 0 aliphatic carbocycles. The van der Waals surface area contributed by atoms with Gasteiger partial charge in [-0.15, -0.1) is 0 Å². The Morgan fingerprint density at radius 2 is 1.80 bits per heavy atom. The van der Waals surface area contributed by atoms with Gasteiger partial charge in [-0.3, -0.25) is 4.79 Å². The van der Waals surface area contributed by atoms with Crippen molar-refractivity contribution in [3.63, 3.8) is 0 Å². The van der Waals surface area contributed by atoms with Gasteiger partial charge in [0, 0.05) is 45.7 Å². The number of piperazine rings is 1. The fraction of sp³-hybridized carbons (Fsp3) is 0.632. The van der Waals surface area contributed by atoms with Gasteiger partial charge in [-0.1, -0.05) is 19.1 Å². The van der Waals surface area contributed by atoms with Gasteiger partial charge in [-0.05, 0) is 30.7 Å². The molecule has 25 heavy (non-hydrogen) atoms. The van der Waals surface area contributed by atoms with Crippen LogP contribution in [0.1, 0.15) is 31.4 Å². The molecule has 1 amide bonds. The van der Waals surface area contributed by atoms with E-state index in [2.05, 4.69) is 16.7 Å². The number of aliphatic hydroxyl groups is 1. The predicted octanol–water partition coefficient (Wildman–Crippen LogP) is 1.49. The van der Waals surface area contributed by atoms with Crippen LogP contribution in [-0.2, 0) is 4.79 Å². The number of hydrogen-bond donors (Lipinski definition) is 1. The fourth-order valence-corrected chi connectivity index (χ4v) is 3.82. The topological polar surface area (TPSA) is 47.0 Å². The number of halogens is 1. The third kappa shape index (κ3) is 4.57. The molecule has 5 nitrogen and oxygen atoms in total. The second-order valence-electron chi connectivity index (χ2n) is 7.03. The lowest BCUT2D eigenvalue weighted by Crippen LogP contribution is -2.47. The molecule has 2 unspecified atom stereocenters. The molecular weight excluding hydrogens is 321 g/mol. The van der Waals surface area contributed by atoms with Gasteiger partial charge in [0.05, 0.1) is 12.1 Å². The van der Waals surface area contributed by atoms with Gasteiger partial charge >= 0.3 is 0 Å². The first-order valence-corrected chi connectivity index (χ1v) is 9.24. The van der Waals surface area contributed by atoms with E-state index < -0.39 is 6.10 Å². The zero-order valence-corrected chi connectivity index (χ0v) is 14.9. The van der Waals surface area contributed by atoms with Crippen molar-refractivity contribution >= 4 is 5.91 Å². The zero-order valence-electron chi connectivity index (χ0n) is 14.9. The summed E-state index contributed by atoms with van der Waals surface area (Å²) in [6.07, 6.45) is 0.482. The zero-order chi connectivity index (χ0) is 17.8. The smallest absolute Gasteiger partial charge is 0.224 e. The van der Waals surface area contributed by atoms with Gasteiger partial charge in [-0.2, -0.15) is 0 Å². The quantitative estimate of drug-likeness (QED) is 0.875. The monoisotopic (exact) mass is 349 g/mol. The van der Waals surface area contributed by atoms with Gasteiger partial charge in [0.2, 0.25) is 5.91 Å². The van der Waals surface area contributed by atoms with E-state index in [1.807, 2.05) is 0 Å². The van der Waals surface area contributed by atoms with Gasteiger partial charge in [0.25, 0.3) is 0 Å². The van der Waals surface area contributed by atoms with Crippen molar-refractivity contribution in [1.82, 2.24) is 14.7 Å². The third-order valence-electron chi connectivity index (χ3n) is 5.41. The molecule has 2 heterocycles. The number of likely N-dealkylation sites (N-methyl/N-ethyl adjacent to an activating group) is 1. The molecule has 6 heteroatoms. The first-order valence-electron chi connectivity index (χ1n) is 9.24. The Morgan fingerprint density at radius 3 is 2.44 bits per heavy atom. The van der Waals surface area contributed by atoms with Crippen molar-refractivity contribution in [3.8, 4) is 0 Å². The average molecular weight is 349 g/mol. The number of benzene rings is 1. The van der Waals surface area contributed by atoms with Crippen LogP contribution in [-0.4, -0.2) is 77.6 Å². The van der Waals surface area contributed by atoms with Crippen molar-refractivity contribution < 1.29 is 14.3 Å². The Labute approximate surface area is 149 Å². The first kappa shape index (κ1) is 18.3. The summed E-state index contributed by atoms with van der Waals surface area (Å²) in [6.45, 7) is 8.52. The van der Waals surface area contributed by atoms with Crippen LogP contribution in [0.15, 0.2) is 24.3 Å². The van der Waals surface area contributed by atoms with E-state index >= 15 is 0 Å². The first-order chi connectivity index (χ1) is 12.1. The molecule has 2 atom stereocenters. The maximum Gasteiger partial charge on any atom is 0.224 e. The van der Waals surface area contributed by atoms with E-state index in [9.17, 15) is 14.3 Å². The molecule has 0 bridgehead atoms. The van der Waals surface area contributed by atoms with Crippen LogP contribution in [0.3, 0.4) is 0 Å². The maximum absolute atomic E-state index is 13.1. The van der Waals surface area contributed by atoms with Crippen LogP contribution in [0.5, 0.6) is 0 Å². The van der Waals surface area contributed by atoms with Crippen LogP contribution in [0.25, 0.3) is 0 Å². The minimum Gasteiger partial charge on any atom is -0.391 e. The van der Waals surface area contributed by atoms with Gasteiger partial charge in [0.15, 0.2) is 0 Å². The molecule has 2 aliphatic rings. The Bertz CT molecular complexity index is 573. The number of nitrogens with zero attached hydrogens (tertiary/aromatic N) is 3. The number of carbonyl (C=O) groups is 1. The lowest BCUT2D eigenvalue weighted by molar-refractivity contribution is -0.132. The molecule has 0 aromatic heterocycles. The average Bonchev–Trinajstić information content (AvgIpc) is 3.02. The Kier molecular flexibility index (Phi) is 6.04. The molecular formula is C19H28FN3O2. The highest BCUT2D eigenvalue weighted by atomic mass is 19.1. The second kappa shape index (κ2) is 8.25. The molecule has 2 fully saturated rings. The van der Waals surface area contributed by atoms with Crippen LogP contribution in [0.4, 0.5) is 4.39 Å². The third-order valence-corrected chi connectivity index (χ3v) is 5.41. The Hall–Kier alpha value is -1.50. The minimum absolute atomic E-state index is 0.0730. The van der Waals surface area contributed by atoms with E-state index in [1.54, 1.807) is 17.0 Å². The van der Waals surface area contributed by atoms with Crippen LogP contribution >= 0.6 is 0 Å².